The number of halogens is 1. The molecule has 3 rings (SSSR count). The molecule has 1 N–H and O–H groups in total. The maximum Gasteiger partial charge on any atom is 0.255 e. The molecule has 3 aromatic rings. The van der Waals surface area contributed by atoms with Crippen LogP contribution in [0.4, 0.5) is 5.69 Å². The number of carbonyl (C=O) groups is 1. The molecule has 3 aromatic carbocycles. The molecule has 0 aliphatic rings. The van der Waals surface area contributed by atoms with Crippen molar-refractivity contribution in [2.45, 2.75) is 0 Å². The van der Waals surface area contributed by atoms with Crippen LogP contribution in [0.25, 0.3) is 11.1 Å². The minimum atomic E-state index is -0.153. The number of nitrogens with one attached hydrogen (secondary N) is 1. The molecule has 108 valence electrons. The van der Waals surface area contributed by atoms with Crippen molar-refractivity contribution in [3.63, 3.8) is 0 Å². The van der Waals surface area contributed by atoms with Crippen LogP contribution in [0.3, 0.4) is 0 Å². The minimum Gasteiger partial charge on any atom is -0.321 e. The zero-order valence-corrected chi connectivity index (χ0v) is 12.5. The molecule has 0 saturated carbocycles. The second kappa shape index (κ2) is 6.46. The SMILES string of the molecule is O=C(Nc1cc(Cl)ccc1-c1ccccc1)c1ccccc1. The molecule has 2 nitrogen and oxygen atoms in total. The van der Waals surface area contributed by atoms with E-state index in [1.54, 1.807) is 18.2 Å². The second-order valence-corrected chi connectivity index (χ2v) is 5.31. The average molecular weight is 308 g/mol. The standard InChI is InChI=1S/C19H14ClNO/c20-16-11-12-17(14-7-3-1-4-8-14)18(13-16)21-19(22)15-9-5-2-6-10-15/h1-13H,(H,21,22). The lowest BCUT2D eigenvalue weighted by Gasteiger charge is -2.12. The first-order chi connectivity index (χ1) is 10.7. The Kier molecular flexibility index (Phi) is 4.22. The normalized spacial score (nSPS) is 10.2. The molecule has 0 radical (unpaired) electrons. The Hall–Kier alpha value is -2.58. The predicted molar refractivity (Wildman–Crippen MR) is 91.3 cm³/mol. The summed E-state index contributed by atoms with van der Waals surface area (Å²) in [5, 5.41) is 3.53. The van der Waals surface area contributed by atoms with Crippen molar-refractivity contribution in [1.29, 1.82) is 0 Å². The van der Waals surface area contributed by atoms with Crippen molar-refractivity contribution >= 4 is 23.2 Å². The first-order valence-corrected chi connectivity index (χ1v) is 7.33. The number of carbonyl (C=O) groups excluding carboxylic acids is 1. The highest BCUT2D eigenvalue weighted by molar-refractivity contribution is 6.31. The van der Waals surface area contributed by atoms with E-state index in [4.69, 9.17) is 11.6 Å². The number of hydrogen-bond acceptors (Lipinski definition) is 1. The van der Waals surface area contributed by atoms with Gasteiger partial charge in [0.25, 0.3) is 5.91 Å². The topological polar surface area (TPSA) is 29.1 Å². The molecule has 0 heterocycles. The fourth-order valence-electron chi connectivity index (χ4n) is 2.27. The summed E-state index contributed by atoms with van der Waals surface area (Å²) >= 11 is 6.08. The molecule has 1 amide bonds. The number of amides is 1. The lowest BCUT2D eigenvalue weighted by Crippen LogP contribution is -2.12. The van der Waals surface area contributed by atoms with Gasteiger partial charge in [-0.3, -0.25) is 4.79 Å². The van der Waals surface area contributed by atoms with Crippen LogP contribution in [-0.2, 0) is 0 Å². The number of anilines is 1. The number of hydrogen-bond donors (Lipinski definition) is 1. The van der Waals surface area contributed by atoms with E-state index in [0.717, 1.165) is 11.1 Å². The average Bonchev–Trinajstić information content (AvgIpc) is 2.56. The highest BCUT2D eigenvalue weighted by atomic mass is 35.5. The van der Waals surface area contributed by atoms with E-state index in [2.05, 4.69) is 5.32 Å². The third-order valence-electron chi connectivity index (χ3n) is 3.35. The van der Waals surface area contributed by atoms with Gasteiger partial charge in [0.05, 0.1) is 5.69 Å². The van der Waals surface area contributed by atoms with E-state index >= 15 is 0 Å². The summed E-state index contributed by atoms with van der Waals surface area (Å²) in [6.45, 7) is 0. The zero-order chi connectivity index (χ0) is 15.4. The summed E-state index contributed by atoms with van der Waals surface area (Å²) in [4.78, 5) is 12.4. The molecular formula is C19H14ClNO. The lowest BCUT2D eigenvalue weighted by molar-refractivity contribution is 0.102. The molecule has 0 saturated heterocycles. The van der Waals surface area contributed by atoms with Crippen molar-refractivity contribution in [3.05, 3.63) is 89.4 Å². The molecule has 0 aliphatic heterocycles. The van der Waals surface area contributed by atoms with Gasteiger partial charge in [-0.1, -0.05) is 66.2 Å². The lowest BCUT2D eigenvalue weighted by atomic mass is 10.0. The molecular weight excluding hydrogens is 294 g/mol. The Morgan fingerprint density at radius 1 is 0.818 bits per heavy atom. The monoisotopic (exact) mass is 307 g/mol. The van der Waals surface area contributed by atoms with Crippen LogP contribution in [0.1, 0.15) is 10.4 Å². The van der Waals surface area contributed by atoms with E-state index in [-0.39, 0.29) is 5.91 Å². The molecule has 22 heavy (non-hydrogen) atoms. The predicted octanol–water partition coefficient (Wildman–Crippen LogP) is 5.26. The summed E-state index contributed by atoms with van der Waals surface area (Å²) in [6, 6.07) is 24.5. The van der Waals surface area contributed by atoms with Gasteiger partial charge in [0.1, 0.15) is 0 Å². The fraction of sp³-hybridized carbons (Fsp3) is 0. The summed E-state index contributed by atoms with van der Waals surface area (Å²) in [5.41, 5.74) is 3.28. The quantitative estimate of drug-likeness (QED) is 0.702. The molecule has 0 bridgehead atoms. The van der Waals surface area contributed by atoms with E-state index < -0.39 is 0 Å². The van der Waals surface area contributed by atoms with Crippen molar-refractivity contribution in [3.8, 4) is 11.1 Å². The van der Waals surface area contributed by atoms with Crippen LogP contribution >= 0.6 is 11.6 Å². The molecule has 0 aliphatic carbocycles. The summed E-state index contributed by atoms with van der Waals surface area (Å²) < 4.78 is 0. The third-order valence-corrected chi connectivity index (χ3v) is 3.59. The van der Waals surface area contributed by atoms with Crippen LogP contribution in [0.2, 0.25) is 5.02 Å². The van der Waals surface area contributed by atoms with E-state index in [1.807, 2.05) is 60.7 Å². The summed E-state index contributed by atoms with van der Waals surface area (Å²) in [6.07, 6.45) is 0. The van der Waals surface area contributed by atoms with E-state index in [1.165, 1.54) is 0 Å². The maximum atomic E-state index is 12.4. The third kappa shape index (κ3) is 3.18. The first kappa shape index (κ1) is 14.4. The molecule has 0 fully saturated rings. The van der Waals surface area contributed by atoms with Gasteiger partial charge >= 0.3 is 0 Å². The van der Waals surface area contributed by atoms with Gasteiger partial charge in [-0.05, 0) is 29.8 Å². The van der Waals surface area contributed by atoms with Gasteiger partial charge in [-0.2, -0.15) is 0 Å². The van der Waals surface area contributed by atoms with Crippen LogP contribution in [0.5, 0.6) is 0 Å². The smallest absolute Gasteiger partial charge is 0.255 e. The van der Waals surface area contributed by atoms with Gasteiger partial charge < -0.3 is 5.32 Å². The Morgan fingerprint density at radius 3 is 2.14 bits per heavy atom. The van der Waals surface area contributed by atoms with Crippen molar-refractivity contribution in [1.82, 2.24) is 0 Å². The van der Waals surface area contributed by atoms with Gasteiger partial charge in [0, 0.05) is 16.1 Å². The van der Waals surface area contributed by atoms with Gasteiger partial charge in [0.15, 0.2) is 0 Å². The van der Waals surface area contributed by atoms with Crippen molar-refractivity contribution in [2.75, 3.05) is 5.32 Å². The summed E-state index contributed by atoms with van der Waals surface area (Å²) in [5.74, 6) is -0.153. The number of benzene rings is 3. The van der Waals surface area contributed by atoms with Gasteiger partial charge in [0.2, 0.25) is 0 Å². The van der Waals surface area contributed by atoms with Gasteiger partial charge in [-0.25, -0.2) is 0 Å². The summed E-state index contributed by atoms with van der Waals surface area (Å²) in [7, 11) is 0. The molecule has 0 unspecified atom stereocenters. The van der Waals surface area contributed by atoms with Crippen LogP contribution in [0.15, 0.2) is 78.9 Å². The molecule has 0 atom stereocenters. The number of rotatable bonds is 3. The Bertz CT molecular complexity index is 785. The van der Waals surface area contributed by atoms with Crippen LogP contribution in [0, 0.1) is 0 Å². The highest BCUT2D eigenvalue weighted by Gasteiger charge is 2.10. The van der Waals surface area contributed by atoms with E-state index in [9.17, 15) is 4.79 Å². The van der Waals surface area contributed by atoms with Crippen molar-refractivity contribution in [2.24, 2.45) is 0 Å². The minimum absolute atomic E-state index is 0.153. The first-order valence-electron chi connectivity index (χ1n) is 6.95. The molecule has 0 spiro atoms. The molecule has 3 heteroatoms. The Labute approximate surface area is 134 Å². The van der Waals surface area contributed by atoms with Crippen LogP contribution < -0.4 is 5.32 Å². The fourth-order valence-corrected chi connectivity index (χ4v) is 2.45. The second-order valence-electron chi connectivity index (χ2n) is 4.88. The van der Waals surface area contributed by atoms with Crippen LogP contribution in [-0.4, -0.2) is 5.91 Å². The Morgan fingerprint density at radius 2 is 1.45 bits per heavy atom. The van der Waals surface area contributed by atoms with E-state index in [0.29, 0.717) is 16.3 Å². The maximum absolute atomic E-state index is 12.4. The molecule has 0 aromatic heterocycles. The highest BCUT2D eigenvalue weighted by Crippen LogP contribution is 2.30. The van der Waals surface area contributed by atoms with Crippen molar-refractivity contribution < 1.29 is 4.79 Å². The zero-order valence-electron chi connectivity index (χ0n) is 11.8. The van der Waals surface area contributed by atoms with Gasteiger partial charge in [-0.15, -0.1) is 0 Å². The largest absolute Gasteiger partial charge is 0.321 e. The Balaban J connectivity index is 1.97.